The highest BCUT2D eigenvalue weighted by Crippen LogP contribution is 2.63. The van der Waals surface area contributed by atoms with E-state index in [1.165, 1.54) is 13.8 Å². The van der Waals surface area contributed by atoms with Crippen molar-refractivity contribution in [2.75, 3.05) is 6.61 Å². The average Bonchev–Trinajstić information content (AvgIpc) is 2.32. The Hall–Kier alpha value is -0.450. The van der Waals surface area contributed by atoms with E-state index in [4.69, 9.17) is 5.11 Å². The molecule has 0 aromatic rings. The summed E-state index contributed by atoms with van der Waals surface area (Å²) in [5.74, 6) is 0. The van der Waals surface area contributed by atoms with Crippen LogP contribution in [0.2, 0.25) is 0 Å². The van der Waals surface area contributed by atoms with Crippen LogP contribution in [0.3, 0.4) is 0 Å². The van der Waals surface area contributed by atoms with Crippen molar-refractivity contribution in [1.82, 2.24) is 0 Å². The Morgan fingerprint density at radius 2 is 1.82 bits per heavy atom. The van der Waals surface area contributed by atoms with Crippen molar-refractivity contribution in [3.63, 3.8) is 0 Å². The van der Waals surface area contributed by atoms with Gasteiger partial charge < -0.3 is 15.3 Å². The summed E-state index contributed by atoms with van der Waals surface area (Å²) in [6, 6.07) is 0. The Morgan fingerprint density at radius 1 is 1.36 bits per heavy atom. The molecule has 0 unspecified atom stereocenters. The SMILES string of the molecule is CC1(C)[C@](O)(CO)[C@]1(O)C=O. The van der Waals surface area contributed by atoms with E-state index in [0.29, 0.717) is 0 Å². The number of rotatable bonds is 2. The van der Waals surface area contributed by atoms with Gasteiger partial charge in [-0.1, -0.05) is 13.8 Å². The van der Waals surface area contributed by atoms with Gasteiger partial charge in [-0.2, -0.15) is 0 Å². The van der Waals surface area contributed by atoms with Crippen LogP contribution in [-0.2, 0) is 4.79 Å². The van der Waals surface area contributed by atoms with Gasteiger partial charge in [0.05, 0.1) is 6.61 Å². The molecule has 0 heterocycles. The standard InChI is InChI=1S/C7H12O4/c1-5(2)6(10,3-8)7(5,11)4-9/h3,9-11H,4H2,1-2H3/t6-,7+/m0/s1. The molecule has 0 aromatic heterocycles. The van der Waals surface area contributed by atoms with Crippen molar-refractivity contribution in [2.24, 2.45) is 5.41 Å². The van der Waals surface area contributed by atoms with Crippen LogP contribution in [0.25, 0.3) is 0 Å². The molecular formula is C7H12O4. The van der Waals surface area contributed by atoms with Gasteiger partial charge in [-0.15, -0.1) is 0 Å². The van der Waals surface area contributed by atoms with Crippen LogP contribution in [0, 0.1) is 5.41 Å². The third kappa shape index (κ3) is 0.583. The minimum atomic E-state index is -1.78. The van der Waals surface area contributed by atoms with Crippen molar-refractivity contribution in [3.8, 4) is 0 Å². The van der Waals surface area contributed by atoms with Crippen LogP contribution < -0.4 is 0 Å². The third-order valence-electron chi connectivity index (χ3n) is 2.95. The molecule has 0 amide bonds. The Labute approximate surface area is 64.5 Å². The molecule has 1 saturated carbocycles. The number of hydrogen-bond acceptors (Lipinski definition) is 4. The van der Waals surface area contributed by atoms with Crippen LogP contribution >= 0.6 is 0 Å². The lowest BCUT2D eigenvalue weighted by atomic mass is 10.1. The van der Waals surface area contributed by atoms with E-state index in [1.54, 1.807) is 0 Å². The van der Waals surface area contributed by atoms with Gasteiger partial charge in [-0.25, -0.2) is 0 Å². The number of carbonyl (C=O) groups is 1. The zero-order chi connectivity index (χ0) is 8.91. The van der Waals surface area contributed by atoms with Gasteiger partial charge >= 0.3 is 0 Å². The van der Waals surface area contributed by atoms with Crippen LogP contribution in [0.4, 0.5) is 0 Å². The van der Waals surface area contributed by atoms with Gasteiger partial charge in [0.25, 0.3) is 0 Å². The molecule has 1 fully saturated rings. The first-order valence-electron chi connectivity index (χ1n) is 3.39. The second kappa shape index (κ2) is 1.83. The average molecular weight is 160 g/mol. The fraction of sp³-hybridized carbons (Fsp3) is 0.857. The number of hydrogen-bond donors (Lipinski definition) is 3. The van der Waals surface area contributed by atoms with E-state index >= 15 is 0 Å². The summed E-state index contributed by atoms with van der Waals surface area (Å²) in [6.45, 7) is 2.45. The Kier molecular flexibility index (Phi) is 1.44. The third-order valence-corrected chi connectivity index (χ3v) is 2.95. The minimum absolute atomic E-state index is 0.281. The highest BCUT2D eigenvalue weighted by atomic mass is 16.4. The van der Waals surface area contributed by atoms with E-state index in [1.807, 2.05) is 0 Å². The monoisotopic (exact) mass is 160 g/mol. The van der Waals surface area contributed by atoms with Gasteiger partial charge in [-0.3, -0.25) is 4.79 Å². The first-order valence-corrected chi connectivity index (χ1v) is 3.39. The first kappa shape index (κ1) is 8.64. The molecule has 0 aromatic carbocycles. The lowest BCUT2D eigenvalue weighted by molar-refractivity contribution is -0.122. The second-order valence-electron chi connectivity index (χ2n) is 3.53. The molecule has 11 heavy (non-hydrogen) atoms. The maximum atomic E-state index is 10.4. The molecule has 1 aliphatic carbocycles. The quantitative estimate of drug-likeness (QED) is 0.438. The highest BCUT2D eigenvalue weighted by Gasteiger charge is 2.82. The molecule has 0 spiro atoms. The van der Waals surface area contributed by atoms with Crippen LogP contribution in [-0.4, -0.2) is 39.4 Å². The number of carbonyl (C=O) groups excluding carboxylic acids is 1. The molecule has 0 bridgehead atoms. The van der Waals surface area contributed by atoms with Crippen molar-refractivity contribution >= 4 is 6.29 Å². The molecule has 4 nitrogen and oxygen atoms in total. The van der Waals surface area contributed by atoms with Gasteiger partial charge in [0.15, 0.2) is 11.9 Å². The molecule has 0 aliphatic heterocycles. The molecular weight excluding hydrogens is 148 g/mol. The maximum absolute atomic E-state index is 10.4. The van der Waals surface area contributed by atoms with Crippen molar-refractivity contribution in [3.05, 3.63) is 0 Å². The summed E-state index contributed by atoms with van der Waals surface area (Å²) in [7, 11) is 0. The maximum Gasteiger partial charge on any atom is 0.159 e. The zero-order valence-electron chi connectivity index (χ0n) is 6.53. The van der Waals surface area contributed by atoms with E-state index in [9.17, 15) is 15.0 Å². The Balaban J connectivity index is 3.00. The molecule has 64 valence electrons. The first-order chi connectivity index (χ1) is 4.87. The molecule has 1 rings (SSSR count). The van der Waals surface area contributed by atoms with Crippen LogP contribution in [0.5, 0.6) is 0 Å². The van der Waals surface area contributed by atoms with E-state index in [2.05, 4.69) is 0 Å². The Bertz CT molecular complexity index is 201. The predicted octanol–water partition coefficient (Wildman–Crippen LogP) is -1.32. The normalized spacial score (nSPS) is 47.0. The fourth-order valence-electron chi connectivity index (χ4n) is 1.52. The molecule has 3 N–H and O–H groups in total. The van der Waals surface area contributed by atoms with E-state index < -0.39 is 23.2 Å². The van der Waals surface area contributed by atoms with Crippen LogP contribution in [0.15, 0.2) is 0 Å². The Morgan fingerprint density at radius 3 is 1.91 bits per heavy atom. The topological polar surface area (TPSA) is 77.8 Å². The van der Waals surface area contributed by atoms with Gasteiger partial charge in [0, 0.05) is 5.41 Å². The van der Waals surface area contributed by atoms with Gasteiger partial charge in [-0.05, 0) is 0 Å². The second-order valence-corrected chi connectivity index (χ2v) is 3.53. The summed E-state index contributed by atoms with van der Waals surface area (Å²) in [5.41, 5.74) is -4.40. The van der Waals surface area contributed by atoms with Crippen LogP contribution in [0.1, 0.15) is 13.8 Å². The summed E-state index contributed by atoms with van der Waals surface area (Å²) in [4.78, 5) is 10.4. The molecule has 0 saturated heterocycles. The van der Waals surface area contributed by atoms with Crippen molar-refractivity contribution in [2.45, 2.75) is 25.0 Å². The molecule has 1 aliphatic rings. The molecule has 0 radical (unpaired) electrons. The summed E-state index contributed by atoms with van der Waals surface area (Å²) in [5, 5.41) is 27.6. The van der Waals surface area contributed by atoms with Crippen molar-refractivity contribution in [1.29, 1.82) is 0 Å². The summed E-state index contributed by atoms with van der Waals surface area (Å²) in [6.07, 6.45) is 0.281. The number of aliphatic hydroxyl groups is 3. The molecule has 4 heteroatoms. The van der Waals surface area contributed by atoms with E-state index in [-0.39, 0.29) is 6.29 Å². The number of aldehydes is 1. The van der Waals surface area contributed by atoms with Gasteiger partial charge in [0.2, 0.25) is 0 Å². The summed E-state index contributed by atoms with van der Waals surface area (Å²) >= 11 is 0. The highest BCUT2D eigenvalue weighted by molar-refractivity contribution is 5.75. The van der Waals surface area contributed by atoms with Crippen molar-refractivity contribution < 1.29 is 20.1 Å². The minimum Gasteiger partial charge on any atom is -0.393 e. The zero-order valence-corrected chi connectivity index (χ0v) is 6.53. The lowest BCUT2D eigenvalue weighted by Crippen LogP contribution is -2.30. The van der Waals surface area contributed by atoms with E-state index in [0.717, 1.165) is 0 Å². The predicted molar refractivity (Wildman–Crippen MR) is 36.8 cm³/mol. The number of aliphatic hydroxyl groups excluding tert-OH is 1. The largest absolute Gasteiger partial charge is 0.393 e. The summed E-state index contributed by atoms with van der Waals surface area (Å²) < 4.78 is 0. The lowest BCUT2D eigenvalue weighted by Gasteiger charge is -2.06. The van der Waals surface area contributed by atoms with Gasteiger partial charge in [0.1, 0.15) is 5.60 Å². The smallest absolute Gasteiger partial charge is 0.159 e. The fourth-order valence-corrected chi connectivity index (χ4v) is 1.52. The molecule has 2 atom stereocenters.